The number of hydrogen-bond donors (Lipinski definition) is 2. The lowest BCUT2D eigenvalue weighted by Gasteiger charge is -2.20. The summed E-state index contributed by atoms with van der Waals surface area (Å²) in [7, 11) is 0. The molecule has 1 aromatic heterocycles. The van der Waals surface area contributed by atoms with Crippen molar-refractivity contribution < 1.29 is 9.53 Å². The highest BCUT2D eigenvalue weighted by atomic mass is 35.5. The normalized spacial score (nSPS) is 21.0. The monoisotopic (exact) mass is 366 g/mol. The molecule has 3 atom stereocenters. The minimum absolute atomic E-state index is 0. The van der Waals surface area contributed by atoms with E-state index in [-0.39, 0.29) is 36.6 Å². The number of thiophene rings is 1. The van der Waals surface area contributed by atoms with Gasteiger partial charge in [0.15, 0.2) is 0 Å². The molecule has 3 rings (SSSR count). The minimum Gasteiger partial charge on any atom is -0.364 e. The second-order valence-electron chi connectivity index (χ2n) is 5.83. The molecule has 4 nitrogen and oxygen atoms in total. The van der Waals surface area contributed by atoms with E-state index in [0.29, 0.717) is 6.54 Å². The van der Waals surface area contributed by atoms with Crippen LogP contribution >= 0.6 is 23.7 Å². The molecule has 130 valence electrons. The van der Waals surface area contributed by atoms with Crippen LogP contribution in [0.25, 0.3) is 0 Å². The summed E-state index contributed by atoms with van der Waals surface area (Å²) in [6.07, 6.45) is 2.02. The lowest BCUT2D eigenvalue weighted by Crippen LogP contribution is -2.38. The Morgan fingerprint density at radius 2 is 2.04 bits per heavy atom. The van der Waals surface area contributed by atoms with E-state index in [1.165, 1.54) is 5.56 Å². The van der Waals surface area contributed by atoms with E-state index in [0.717, 1.165) is 24.1 Å². The van der Waals surface area contributed by atoms with Crippen LogP contribution < -0.4 is 11.1 Å². The average Bonchev–Trinajstić information content (AvgIpc) is 3.27. The van der Waals surface area contributed by atoms with E-state index in [1.807, 2.05) is 29.6 Å². The maximum atomic E-state index is 12.5. The Balaban J connectivity index is 0.00000208. The summed E-state index contributed by atoms with van der Waals surface area (Å²) < 4.78 is 5.71. The van der Waals surface area contributed by atoms with Crippen molar-refractivity contribution in [3.63, 3.8) is 0 Å². The van der Waals surface area contributed by atoms with Gasteiger partial charge in [0.1, 0.15) is 6.10 Å². The first kappa shape index (κ1) is 18.9. The number of carbonyl (C=O) groups excluding carboxylic acids is 1. The van der Waals surface area contributed by atoms with Gasteiger partial charge in [-0.05, 0) is 36.3 Å². The largest absolute Gasteiger partial charge is 0.364 e. The molecule has 0 spiro atoms. The highest BCUT2D eigenvalue weighted by Crippen LogP contribution is 2.25. The van der Waals surface area contributed by atoms with E-state index in [4.69, 9.17) is 10.5 Å². The summed E-state index contributed by atoms with van der Waals surface area (Å²) in [4.78, 5) is 13.7. The minimum atomic E-state index is -0.373. The van der Waals surface area contributed by atoms with E-state index in [9.17, 15) is 4.79 Å². The SMILES string of the molecule is Cl.NC[C@H]1CC[C@@H](C(=O)NC(Cc2ccccc2)c2cccs2)O1. The van der Waals surface area contributed by atoms with Gasteiger partial charge < -0.3 is 15.8 Å². The van der Waals surface area contributed by atoms with Gasteiger partial charge in [0.25, 0.3) is 0 Å². The molecular weight excluding hydrogens is 344 g/mol. The van der Waals surface area contributed by atoms with Gasteiger partial charge in [-0.2, -0.15) is 0 Å². The number of rotatable bonds is 6. The Bertz CT molecular complexity index is 621. The molecule has 1 aromatic carbocycles. The van der Waals surface area contributed by atoms with Crippen LogP contribution in [0.5, 0.6) is 0 Å². The summed E-state index contributed by atoms with van der Waals surface area (Å²) in [5.74, 6) is -0.0321. The Morgan fingerprint density at radius 1 is 1.25 bits per heavy atom. The molecule has 1 aliphatic heterocycles. The summed E-state index contributed by atoms with van der Waals surface area (Å²) in [6, 6.07) is 14.3. The Morgan fingerprint density at radius 3 is 2.67 bits per heavy atom. The highest BCUT2D eigenvalue weighted by molar-refractivity contribution is 7.10. The van der Waals surface area contributed by atoms with Crippen molar-refractivity contribution in [1.82, 2.24) is 5.32 Å². The summed E-state index contributed by atoms with van der Waals surface area (Å²) in [5.41, 5.74) is 6.83. The van der Waals surface area contributed by atoms with Crippen molar-refractivity contribution in [3.8, 4) is 0 Å². The second kappa shape index (κ2) is 9.18. The van der Waals surface area contributed by atoms with Gasteiger partial charge >= 0.3 is 0 Å². The van der Waals surface area contributed by atoms with Crippen LogP contribution in [-0.4, -0.2) is 24.7 Å². The van der Waals surface area contributed by atoms with Crippen molar-refractivity contribution in [3.05, 3.63) is 58.3 Å². The summed E-state index contributed by atoms with van der Waals surface area (Å²) >= 11 is 1.66. The van der Waals surface area contributed by atoms with Crippen molar-refractivity contribution in [2.75, 3.05) is 6.54 Å². The van der Waals surface area contributed by atoms with Crippen molar-refractivity contribution in [1.29, 1.82) is 0 Å². The van der Waals surface area contributed by atoms with Crippen LogP contribution in [0.4, 0.5) is 0 Å². The van der Waals surface area contributed by atoms with Gasteiger partial charge in [-0.3, -0.25) is 4.79 Å². The molecule has 2 heterocycles. The van der Waals surface area contributed by atoms with Gasteiger partial charge in [0, 0.05) is 11.4 Å². The fraction of sp³-hybridized carbons (Fsp3) is 0.389. The van der Waals surface area contributed by atoms with E-state index < -0.39 is 0 Å². The van der Waals surface area contributed by atoms with Gasteiger partial charge in [0.05, 0.1) is 12.1 Å². The molecule has 2 aromatic rings. The Labute approximate surface area is 152 Å². The molecule has 0 saturated carbocycles. The first-order valence-electron chi connectivity index (χ1n) is 7.99. The molecule has 6 heteroatoms. The predicted molar refractivity (Wildman–Crippen MR) is 99.5 cm³/mol. The first-order chi connectivity index (χ1) is 11.3. The standard InChI is InChI=1S/C18H22N2O2S.ClH/c19-12-14-8-9-16(22-14)18(21)20-15(17-7-4-10-23-17)11-13-5-2-1-3-6-13;/h1-7,10,14-16H,8-9,11-12,19H2,(H,20,21);1H/t14-,15?,16+;/m1./s1. The number of carbonyl (C=O) groups is 1. The van der Waals surface area contributed by atoms with Crippen molar-refractivity contribution >= 4 is 29.7 Å². The topological polar surface area (TPSA) is 64.4 Å². The van der Waals surface area contributed by atoms with Gasteiger partial charge in [0.2, 0.25) is 5.91 Å². The molecule has 0 bridgehead atoms. The summed E-state index contributed by atoms with van der Waals surface area (Å²) in [5, 5.41) is 5.20. The fourth-order valence-corrected chi connectivity index (χ4v) is 3.68. The number of amides is 1. The smallest absolute Gasteiger partial charge is 0.249 e. The highest BCUT2D eigenvalue weighted by Gasteiger charge is 2.31. The molecule has 0 radical (unpaired) electrons. The Hall–Kier alpha value is -1.40. The third-order valence-electron chi connectivity index (χ3n) is 4.15. The molecule has 24 heavy (non-hydrogen) atoms. The lowest BCUT2D eigenvalue weighted by molar-refractivity contribution is -0.132. The molecule has 1 unspecified atom stereocenters. The number of halogens is 1. The van der Waals surface area contributed by atoms with Crippen LogP contribution in [0.15, 0.2) is 47.8 Å². The van der Waals surface area contributed by atoms with E-state index in [1.54, 1.807) is 11.3 Å². The lowest BCUT2D eigenvalue weighted by atomic mass is 10.0. The van der Waals surface area contributed by atoms with Crippen LogP contribution in [0.3, 0.4) is 0 Å². The quantitative estimate of drug-likeness (QED) is 0.825. The zero-order valence-corrected chi connectivity index (χ0v) is 15.0. The second-order valence-corrected chi connectivity index (χ2v) is 6.81. The van der Waals surface area contributed by atoms with Gasteiger partial charge in [-0.1, -0.05) is 36.4 Å². The van der Waals surface area contributed by atoms with Crippen LogP contribution in [0.2, 0.25) is 0 Å². The van der Waals surface area contributed by atoms with Crippen LogP contribution in [0.1, 0.15) is 29.3 Å². The molecule has 1 saturated heterocycles. The zero-order chi connectivity index (χ0) is 16.1. The predicted octanol–water partition coefficient (Wildman–Crippen LogP) is 3.08. The molecule has 1 fully saturated rings. The van der Waals surface area contributed by atoms with Gasteiger partial charge in [-0.25, -0.2) is 0 Å². The van der Waals surface area contributed by atoms with Crippen molar-refractivity contribution in [2.45, 2.75) is 37.5 Å². The van der Waals surface area contributed by atoms with E-state index in [2.05, 4.69) is 23.5 Å². The molecule has 1 aliphatic rings. The van der Waals surface area contributed by atoms with Crippen LogP contribution in [-0.2, 0) is 16.0 Å². The number of nitrogens with two attached hydrogens (primary N) is 1. The third kappa shape index (κ3) is 4.80. The molecule has 0 aliphatic carbocycles. The molecular formula is C18H23ClN2O2S. The fourth-order valence-electron chi connectivity index (χ4n) is 2.90. The number of ether oxygens (including phenoxy) is 1. The third-order valence-corrected chi connectivity index (χ3v) is 5.13. The first-order valence-corrected chi connectivity index (χ1v) is 8.87. The number of nitrogens with one attached hydrogen (secondary N) is 1. The van der Waals surface area contributed by atoms with E-state index >= 15 is 0 Å². The molecule has 1 amide bonds. The zero-order valence-electron chi connectivity index (χ0n) is 13.4. The van der Waals surface area contributed by atoms with Crippen LogP contribution in [0, 0.1) is 0 Å². The number of benzene rings is 1. The average molecular weight is 367 g/mol. The Kier molecular flexibility index (Phi) is 7.24. The van der Waals surface area contributed by atoms with Gasteiger partial charge in [-0.15, -0.1) is 23.7 Å². The molecule has 3 N–H and O–H groups in total. The summed E-state index contributed by atoms with van der Waals surface area (Å²) in [6.45, 7) is 0.474. The maximum absolute atomic E-state index is 12.5. The number of hydrogen-bond acceptors (Lipinski definition) is 4. The maximum Gasteiger partial charge on any atom is 0.249 e. The van der Waals surface area contributed by atoms with Crippen molar-refractivity contribution in [2.24, 2.45) is 5.73 Å².